The summed E-state index contributed by atoms with van der Waals surface area (Å²) in [5.74, 6) is -0.876. The average molecular weight is 359 g/mol. The second-order valence-corrected chi connectivity index (χ2v) is 6.16. The van der Waals surface area contributed by atoms with Crippen LogP contribution in [0.4, 0.5) is 4.39 Å². The third-order valence-electron chi connectivity index (χ3n) is 3.53. The number of nitrogens with one attached hydrogen (secondary N) is 1. The molecular formula is C15H20BrFN2O2. The summed E-state index contributed by atoms with van der Waals surface area (Å²) in [6, 6.07) is 4.36. The molecule has 2 rings (SSSR count). The Bertz CT molecular complexity index is 493. The highest BCUT2D eigenvalue weighted by atomic mass is 79.9. The van der Waals surface area contributed by atoms with Crippen molar-refractivity contribution < 1.29 is 13.9 Å². The van der Waals surface area contributed by atoms with Crippen LogP contribution in [0.5, 0.6) is 0 Å². The van der Waals surface area contributed by atoms with E-state index >= 15 is 0 Å². The molecular weight excluding hydrogens is 339 g/mol. The molecule has 116 valence electrons. The lowest BCUT2D eigenvalue weighted by atomic mass is 10.1. The smallest absolute Gasteiger partial charge is 0.254 e. The number of hydrogen-bond acceptors (Lipinski definition) is 3. The number of ether oxygens (including phenoxy) is 1. The van der Waals surface area contributed by atoms with Crippen LogP contribution in [0.25, 0.3) is 0 Å². The first-order valence-electron chi connectivity index (χ1n) is 7.12. The number of carbonyl (C=O) groups is 1. The van der Waals surface area contributed by atoms with E-state index in [-0.39, 0.29) is 17.5 Å². The lowest BCUT2D eigenvalue weighted by Gasteiger charge is -2.27. The highest BCUT2D eigenvalue weighted by Crippen LogP contribution is 2.15. The predicted octanol–water partition coefficient (Wildman–Crippen LogP) is 2.43. The summed E-state index contributed by atoms with van der Waals surface area (Å²) >= 11 is 3.25. The molecule has 0 aromatic heterocycles. The summed E-state index contributed by atoms with van der Waals surface area (Å²) < 4.78 is 19.6. The Morgan fingerprint density at radius 1 is 1.48 bits per heavy atom. The summed E-state index contributed by atoms with van der Waals surface area (Å²) in [6.07, 6.45) is 0.835. The van der Waals surface area contributed by atoms with Gasteiger partial charge in [0, 0.05) is 30.1 Å². The van der Waals surface area contributed by atoms with E-state index in [4.69, 9.17) is 4.74 Å². The Hall–Kier alpha value is -0.980. The zero-order chi connectivity index (χ0) is 15.2. The molecule has 1 heterocycles. The Morgan fingerprint density at radius 2 is 2.19 bits per heavy atom. The maximum atomic E-state index is 13.6. The van der Waals surface area contributed by atoms with Crippen LogP contribution >= 0.6 is 15.9 Å². The molecule has 0 saturated carbocycles. The highest BCUT2D eigenvalue weighted by Gasteiger charge is 2.16. The molecule has 1 aromatic rings. The first-order valence-corrected chi connectivity index (χ1v) is 7.91. The van der Waals surface area contributed by atoms with Gasteiger partial charge in [-0.15, -0.1) is 0 Å². The third-order valence-corrected chi connectivity index (χ3v) is 4.03. The van der Waals surface area contributed by atoms with Crippen molar-refractivity contribution in [2.45, 2.75) is 19.4 Å². The summed E-state index contributed by atoms with van der Waals surface area (Å²) in [4.78, 5) is 14.4. The van der Waals surface area contributed by atoms with Crippen LogP contribution in [-0.4, -0.2) is 49.7 Å². The maximum absolute atomic E-state index is 13.6. The molecule has 0 bridgehead atoms. The van der Waals surface area contributed by atoms with Crippen molar-refractivity contribution in [3.8, 4) is 0 Å². The van der Waals surface area contributed by atoms with Crippen LogP contribution in [0.15, 0.2) is 22.7 Å². The Morgan fingerprint density at radius 3 is 2.90 bits per heavy atom. The topological polar surface area (TPSA) is 41.6 Å². The second kappa shape index (κ2) is 7.87. The number of amides is 1. The zero-order valence-corrected chi connectivity index (χ0v) is 13.7. The highest BCUT2D eigenvalue weighted by molar-refractivity contribution is 9.10. The van der Waals surface area contributed by atoms with E-state index in [9.17, 15) is 9.18 Å². The predicted molar refractivity (Wildman–Crippen MR) is 82.9 cm³/mol. The van der Waals surface area contributed by atoms with E-state index in [0.29, 0.717) is 4.47 Å². The Labute approximate surface area is 132 Å². The van der Waals surface area contributed by atoms with Crippen LogP contribution in [0.1, 0.15) is 23.7 Å². The van der Waals surface area contributed by atoms with Gasteiger partial charge in [-0.05, 0) is 31.5 Å². The van der Waals surface area contributed by atoms with Gasteiger partial charge in [0.1, 0.15) is 5.82 Å². The number of rotatable bonds is 5. The van der Waals surface area contributed by atoms with Gasteiger partial charge in [0.2, 0.25) is 0 Å². The van der Waals surface area contributed by atoms with Crippen molar-refractivity contribution in [3.05, 3.63) is 34.1 Å². The van der Waals surface area contributed by atoms with Crippen molar-refractivity contribution in [1.29, 1.82) is 0 Å². The van der Waals surface area contributed by atoms with E-state index in [2.05, 4.69) is 26.1 Å². The fourth-order valence-corrected chi connectivity index (χ4v) is 2.61. The van der Waals surface area contributed by atoms with Crippen LogP contribution in [-0.2, 0) is 4.74 Å². The standard InChI is InChI=1S/C15H20BrFN2O2/c1-11(4-5-19-6-8-21-9-7-19)18-15(20)13-10-12(16)2-3-14(13)17/h2-3,10-11H,4-9H2,1H3,(H,18,20). The molecule has 21 heavy (non-hydrogen) atoms. The Kier molecular flexibility index (Phi) is 6.14. The van der Waals surface area contributed by atoms with E-state index in [1.54, 1.807) is 6.07 Å². The minimum atomic E-state index is -0.504. The van der Waals surface area contributed by atoms with Gasteiger partial charge in [0.25, 0.3) is 5.91 Å². The second-order valence-electron chi connectivity index (χ2n) is 5.24. The number of halogens is 2. The number of morpholine rings is 1. The summed E-state index contributed by atoms with van der Waals surface area (Å²) in [5, 5.41) is 2.85. The molecule has 1 aromatic carbocycles. The van der Waals surface area contributed by atoms with Crippen molar-refractivity contribution in [2.75, 3.05) is 32.8 Å². The molecule has 6 heteroatoms. The molecule has 1 N–H and O–H groups in total. The molecule has 1 amide bonds. The summed E-state index contributed by atoms with van der Waals surface area (Å²) in [5.41, 5.74) is 0.0718. The summed E-state index contributed by atoms with van der Waals surface area (Å²) in [6.45, 7) is 6.25. The fourth-order valence-electron chi connectivity index (χ4n) is 2.25. The van der Waals surface area contributed by atoms with E-state index < -0.39 is 5.82 Å². The fraction of sp³-hybridized carbons (Fsp3) is 0.533. The minimum absolute atomic E-state index is 0.00118. The maximum Gasteiger partial charge on any atom is 0.254 e. The third kappa shape index (κ3) is 5.05. The van der Waals surface area contributed by atoms with Gasteiger partial charge in [-0.25, -0.2) is 4.39 Å². The van der Waals surface area contributed by atoms with E-state index in [1.807, 2.05) is 6.92 Å². The number of benzene rings is 1. The van der Waals surface area contributed by atoms with Crippen molar-refractivity contribution in [2.24, 2.45) is 0 Å². The lowest BCUT2D eigenvalue weighted by Crippen LogP contribution is -2.40. The monoisotopic (exact) mass is 358 g/mol. The van der Waals surface area contributed by atoms with Crippen molar-refractivity contribution in [1.82, 2.24) is 10.2 Å². The number of nitrogens with zero attached hydrogens (tertiary/aromatic N) is 1. The van der Waals surface area contributed by atoms with Crippen molar-refractivity contribution >= 4 is 21.8 Å². The van der Waals surface area contributed by atoms with Gasteiger partial charge in [0.05, 0.1) is 18.8 Å². The molecule has 0 aliphatic carbocycles. The molecule has 0 radical (unpaired) electrons. The average Bonchev–Trinajstić information content (AvgIpc) is 2.48. The molecule has 1 unspecified atom stereocenters. The van der Waals surface area contributed by atoms with E-state index in [0.717, 1.165) is 39.3 Å². The van der Waals surface area contributed by atoms with Crippen LogP contribution in [0.2, 0.25) is 0 Å². The molecule has 1 saturated heterocycles. The van der Waals surface area contributed by atoms with Gasteiger partial charge in [0.15, 0.2) is 0 Å². The molecule has 0 spiro atoms. The zero-order valence-electron chi connectivity index (χ0n) is 12.1. The first kappa shape index (κ1) is 16.4. The van der Waals surface area contributed by atoms with Gasteiger partial charge in [-0.2, -0.15) is 0 Å². The van der Waals surface area contributed by atoms with Crippen LogP contribution in [0, 0.1) is 5.82 Å². The van der Waals surface area contributed by atoms with Crippen molar-refractivity contribution in [3.63, 3.8) is 0 Å². The van der Waals surface area contributed by atoms with Gasteiger partial charge >= 0.3 is 0 Å². The normalized spacial score (nSPS) is 17.5. The Balaban J connectivity index is 1.82. The SMILES string of the molecule is CC(CCN1CCOCC1)NC(=O)c1cc(Br)ccc1F. The van der Waals surface area contributed by atoms with Crippen LogP contribution in [0.3, 0.4) is 0 Å². The van der Waals surface area contributed by atoms with Gasteiger partial charge in [-0.1, -0.05) is 15.9 Å². The number of hydrogen-bond donors (Lipinski definition) is 1. The molecule has 1 fully saturated rings. The number of carbonyl (C=O) groups excluding carboxylic acids is 1. The first-order chi connectivity index (χ1) is 10.1. The van der Waals surface area contributed by atoms with Gasteiger partial charge < -0.3 is 10.1 Å². The quantitative estimate of drug-likeness (QED) is 0.878. The minimum Gasteiger partial charge on any atom is -0.379 e. The van der Waals surface area contributed by atoms with Crippen LogP contribution < -0.4 is 5.32 Å². The molecule has 1 aliphatic heterocycles. The van der Waals surface area contributed by atoms with Gasteiger partial charge in [-0.3, -0.25) is 9.69 Å². The lowest BCUT2D eigenvalue weighted by molar-refractivity contribution is 0.0363. The molecule has 4 nitrogen and oxygen atoms in total. The largest absolute Gasteiger partial charge is 0.379 e. The van der Waals surface area contributed by atoms with E-state index in [1.165, 1.54) is 12.1 Å². The molecule has 1 aliphatic rings. The molecule has 1 atom stereocenters. The summed E-state index contributed by atoms with van der Waals surface area (Å²) in [7, 11) is 0.